The van der Waals surface area contributed by atoms with E-state index in [4.69, 9.17) is 0 Å². The van der Waals surface area contributed by atoms with E-state index in [2.05, 4.69) is 31.3 Å². The number of nitrogens with zero attached hydrogens (tertiary/aromatic N) is 3. The Kier molecular flexibility index (Phi) is 3.00. The third kappa shape index (κ3) is 2.11. The molecule has 0 bridgehead atoms. The molecule has 5 nitrogen and oxygen atoms in total. The van der Waals surface area contributed by atoms with Crippen LogP contribution in [0.15, 0.2) is 35.1 Å². The normalized spacial score (nSPS) is 10.1. The third-order valence-corrected chi connectivity index (χ3v) is 2.43. The molecule has 16 heavy (non-hydrogen) atoms. The zero-order chi connectivity index (χ0) is 11.5. The van der Waals surface area contributed by atoms with Gasteiger partial charge in [0.2, 0.25) is 0 Å². The Bertz CT molecular complexity index is 523. The van der Waals surface area contributed by atoms with Crippen molar-refractivity contribution in [1.82, 2.24) is 20.1 Å². The van der Waals surface area contributed by atoms with E-state index in [1.165, 1.54) is 0 Å². The average molecular weight is 281 g/mol. The molecular formula is C10H9BrN4O. The fourth-order valence-electron chi connectivity index (χ4n) is 1.23. The first-order chi connectivity index (χ1) is 7.70. The molecule has 2 aromatic heterocycles. The van der Waals surface area contributed by atoms with Crippen molar-refractivity contribution in [3.8, 4) is 5.82 Å². The van der Waals surface area contributed by atoms with Crippen molar-refractivity contribution < 1.29 is 4.79 Å². The molecule has 2 aromatic rings. The van der Waals surface area contributed by atoms with E-state index in [1.807, 2.05) is 18.2 Å². The van der Waals surface area contributed by atoms with Crippen molar-refractivity contribution in [1.29, 1.82) is 0 Å². The lowest BCUT2D eigenvalue weighted by molar-refractivity contribution is 0.0957. The van der Waals surface area contributed by atoms with Crippen LogP contribution in [0, 0.1) is 0 Å². The van der Waals surface area contributed by atoms with Crippen molar-refractivity contribution >= 4 is 21.8 Å². The highest BCUT2D eigenvalue weighted by molar-refractivity contribution is 9.10. The lowest BCUT2D eigenvalue weighted by Gasteiger charge is -1.99. The Morgan fingerprint density at radius 3 is 2.94 bits per heavy atom. The van der Waals surface area contributed by atoms with Crippen LogP contribution in [0.1, 0.15) is 10.5 Å². The molecule has 0 saturated heterocycles. The van der Waals surface area contributed by atoms with Crippen molar-refractivity contribution in [2.24, 2.45) is 0 Å². The number of rotatable bonds is 2. The van der Waals surface area contributed by atoms with Gasteiger partial charge in [-0.2, -0.15) is 5.10 Å². The number of pyridine rings is 1. The second-order valence-corrected chi connectivity index (χ2v) is 3.86. The number of hydrogen-bond acceptors (Lipinski definition) is 3. The molecule has 0 fully saturated rings. The van der Waals surface area contributed by atoms with Crippen LogP contribution in [0.5, 0.6) is 0 Å². The summed E-state index contributed by atoms with van der Waals surface area (Å²) in [5.41, 5.74) is 0.365. The Morgan fingerprint density at radius 2 is 2.25 bits per heavy atom. The molecule has 0 radical (unpaired) electrons. The van der Waals surface area contributed by atoms with Crippen LogP contribution >= 0.6 is 15.9 Å². The van der Waals surface area contributed by atoms with Gasteiger partial charge in [0.15, 0.2) is 11.5 Å². The molecule has 0 atom stereocenters. The SMILES string of the molecule is CNC(=O)c1ccn(-c2cccc(Br)n2)n1. The number of nitrogens with one attached hydrogen (secondary N) is 1. The van der Waals surface area contributed by atoms with Gasteiger partial charge in [-0.3, -0.25) is 4.79 Å². The second-order valence-electron chi connectivity index (χ2n) is 3.04. The summed E-state index contributed by atoms with van der Waals surface area (Å²) < 4.78 is 2.27. The highest BCUT2D eigenvalue weighted by Gasteiger charge is 2.08. The molecular weight excluding hydrogens is 272 g/mol. The topological polar surface area (TPSA) is 59.8 Å². The summed E-state index contributed by atoms with van der Waals surface area (Å²) in [5, 5.41) is 6.63. The number of carbonyl (C=O) groups is 1. The predicted octanol–water partition coefficient (Wildman–Crippen LogP) is 1.39. The van der Waals surface area contributed by atoms with Crippen LogP contribution < -0.4 is 5.32 Å². The summed E-state index contributed by atoms with van der Waals surface area (Å²) in [6.45, 7) is 0. The van der Waals surface area contributed by atoms with Gasteiger partial charge in [0, 0.05) is 13.2 Å². The first-order valence-corrected chi connectivity index (χ1v) is 5.40. The van der Waals surface area contributed by atoms with E-state index < -0.39 is 0 Å². The molecule has 2 heterocycles. The molecule has 0 spiro atoms. The molecule has 0 aliphatic rings. The summed E-state index contributed by atoms with van der Waals surface area (Å²) in [6, 6.07) is 7.13. The van der Waals surface area contributed by atoms with Crippen molar-refractivity contribution in [2.45, 2.75) is 0 Å². The summed E-state index contributed by atoms with van der Waals surface area (Å²) in [7, 11) is 1.57. The van der Waals surface area contributed by atoms with Gasteiger partial charge in [-0.25, -0.2) is 9.67 Å². The van der Waals surface area contributed by atoms with E-state index in [9.17, 15) is 4.79 Å². The Labute approximate surface area is 101 Å². The molecule has 1 N–H and O–H groups in total. The second kappa shape index (κ2) is 4.44. The van der Waals surface area contributed by atoms with Crippen molar-refractivity contribution in [3.63, 3.8) is 0 Å². The molecule has 0 aliphatic carbocycles. The van der Waals surface area contributed by atoms with Crippen LogP contribution in [0.3, 0.4) is 0 Å². The van der Waals surface area contributed by atoms with Gasteiger partial charge in [-0.1, -0.05) is 6.07 Å². The standard InChI is InChI=1S/C10H9BrN4O/c1-12-10(16)7-5-6-15(14-7)9-4-2-3-8(11)13-9/h2-6H,1H3,(H,12,16). The number of aromatic nitrogens is 3. The fourth-order valence-corrected chi connectivity index (χ4v) is 1.56. The van der Waals surface area contributed by atoms with E-state index in [-0.39, 0.29) is 5.91 Å². The van der Waals surface area contributed by atoms with Gasteiger partial charge in [0.05, 0.1) is 0 Å². The lowest BCUT2D eigenvalue weighted by Crippen LogP contribution is -2.18. The van der Waals surface area contributed by atoms with Crippen LogP contribution in [0.4, 0.5) is 0 Å². The molecule has 6 heteroatoms. The Balaban J connectivity index is 2.35. The smallest absolute Gasteiger partial charge is 0.271 e. The minimum absolute atomic E-state index is 0.214. The molecule has 2 rings (SSSR count). The molecule has 0 aromatic carbocycles. The lowest BCUT2D eigenvalue weighted by atomic mass is 10.4. The van der Waals surface area contributed by atoms with E-state index in [0.29, 0.717) is 11.5 Å². The quantitative estimate of drug-likeness (QED) is 0.846. The van der Waals surface area contributed by atoms with Gasteiger partial charge >= 0.3 is 0 Å². The zero-order valence-corrected chi connectivity index (χ0v) is 10.1. The van der Waals surface area contributed by atoms with Gasteiger partial charge in [-0.15, -0.1) is 0 Å². The summed E-state index contributed by atoms with van der Waals surface area (Å²) in [5.74, 6) is 0.443. The molecule has 0 aliphatic heterocycles. The van der Waals surface area contributed by atoms with Crippen molar-refractivity contribution in [3.05, 3.63) is 40.8 Å². The minimum atomic E-state index is -0.214. The first-order valence-electron chi connectivity index (χ1n) is 4.61. The van der Waals surface area contributed by atoms with Gasteiger partial charge in [0.25, 0.3) is 5.91 Å². The number of halogens is 1. The average Bonchev–Trinajstić information content (AvgIpc) is 2.77. The monoisotopic (exact) mass is 280 g/mol. The van der Waals surface area contributed by atoms with Crippen LogP contribution in [-0.2, 0) is 0 Å². The Morgan fingerprint density at radius 1 is 1.44 bits per heavy atom. The van der Waals surface area contributed by atoms with Gasteiger partial charge in [0.1, 0.15) is 4.60 Å². The highest BCUT2D eigenvalue weighted by Crippen LogP contribution is 2.10. The summed E-state index contributed by atoms with van der Waals surface area (Å²) >= 11 is 3.28. The van der Waals surface area contributed by atoms with Crippen LogP contribution in [0.25, 0.3) is 5.82 Å². The third-order valence-electron chi connectivity index (χ3n) is 1.98. The molecule has 0 saturated carbocycles. The summed E-state index contributed by atoms with van der Waals surface area (Å²) in [4.78, 5) is 15.5. The molecule has 82 valence electrons. The predicted molar refractivity (Wildman–Crippen MR) is 62.4 cm³/mol. The molecule has 1 amide bonds. The first kappa shape index (κ1) is 10.8. The molecule has 0 unspecified atom stereocenters. The summed E-state index contributed by atoms with van der Waals surface area (Å²) in [6.07, 6.45) is 1.69. The van der Waals surface area contributed by atoms with Gasteiger partial charge in [-0.05, 0) is 34.1 Å². The number of carbonyl (C=O) groups excluding carboxylic acids is 1. The number of amides is 1. The van der Waals surface area contributed by atoms with E-state index in [1.54, 1.807) is 24.0 Å². The van der Waals surface area contributed by atoms with Crippen molar-refractivity contribution in [2.75, 3.05) is 7.05 Å². The van der Waals surface area contributed by atoms with Crippen LogP contribution in [-0.4, -0.2) is 27.7 Å². The van der Waals surface area contributed by atoms with E-state index >= 15 is 0 Å². The maximum Gasteiger partial charge on any atom is 0.271 e. The maximum atomic E-state index is 11.3. The van der Waals surface area contributed by atoms with Gasteiger partial charge < -0.3 is 5.32 Å². The highest BCUT2D eigenvalue weighted by atomic mass is 79.9. The van der Waals surface area contributed by atoms with E-state index in [0.717, 1.165) is 4.60 Å². The van der Waals surface area contributed by atoms with Crippen LogP contribution in [0.2, 0.25) is 0 Å². The largest absolute Gasteiger partial charge is 0.354 e. The minimum Gasteiger partial charge on any atom is -0.354 e. The maximum absolute atomic E-state index is 11.3. The number of hydrogen-bond donors (Lipinski definition) is 1. The fraction of sp³-hybridized carbons (Fsp3) is 0.100. The Hall–Kier alpha value is -1.69. The zero-order valence-electron chi connectivity index (χ0n) is 8.51.